The van der Waals surface area contributed by atoms with Crippen molar-refractivity contribution in [2.24, 2.45) is 0 Å². The van der Waals surface area contributed by atoms with Crippen molar-refractivity contribution < 1.29 is 0 Å². The van der Waals surface area contributed by atoms with Crippen LogP contribution in [0, 0.1) is 6.92 Å². The molecule has 1 aromatic heterocycles. The van der Waals surface area contributed by atoms with Crippen molar-refractivity contribution in [1.29, 1.82) is 0 Å². The quantitative estimate of drug-likeness (QED) is 0.834. The van der Waals surface area contributed by atoms with E-state index in [4.69, 9.17) is 0 Å². The van der Waals surface area contributed by atoms with Crippen LogP contribution in [-0.4, -0.2) is 72.6 Å². The van der Waals surface area contributed by atoms with E-state index in [-0.39, 0.29) is 0 Å². The lowest BCUT2D eigenvalue weighted by Crippen LogP contribution is -2.52. The second kappa shape index (κ2) is 6.85. The number of piperazine rings is 1. The molecule has 0 bridgehead atoms. The van der Waals surface area contributed by atoms with E-state index in [0.717, 1.165) is 44.1 Å². The molecule has 6 heteroatoms. The van der Waals surface area contributed by atoms with E-state index in [0.29, 0.717) is 12.0 Å². The molecule has 1 aliphatic heterocycles. The van der Waals surface area contributed by atoms with Crippen molar-refractivity contribution in [3.05, 3.63) is 11.8 Å². The van der Waals surface area contributed by atoms with E-state index in [1.165, 1.54) is 0 Å². The first-order valence-corrected chi connectivity index (χ1v) is 7.30. The highest BCUT2D eigenvalue weighted by Gasteiger charge is 2.22. The maximum Gasteiger partial charge on any atom is 0.224 e. The molecule has 0 radical (unpaired) electrons. The van der Waals surface area contributed by atoms with Gasteiger partial charge in [0.15, 0.2) is 0 Å². The molecule has 2 N–H and O–H groups in total. The van der Waals surface area contributed by atoms with Crippen LogP contribution >= 0.6 is 0 Å². The monoisotopic (exact) mass is 278 g/mol. The lowest BCUT2D eigenvalue weighted by Gasteiger charge is -2.37. The molecule has 6 nitrogen and oxygen atoms in total. The molecule has 1 aliphatic rings. The van der Waals surface area contributed by atoms with Gasteiger partial charge in [0.25, 0.3) is 0 Å². The van der Waals surface area contributed by atoms with Crippen LogP contribution < -0.4 is 10.6 Å². The molecule has 20 heavy (non-hydrogen) atoms. The first-order chi connectivity index (χ1) is 9.60. The van der Waals surface area contributed by atoms with Gasteiger partial charge in [-0.05, 0) is 27.9 Å². The maximum atomic E-state index is 4.53. The average molecular weight is 278 g/mol. The highest BCUT2D eigenvalue weighted by Crippen LogP contribution is 2.14. The number of rotatable bonds is 5. The number of anilines is 2. The number of nitrogens with zero attached hydrogens (tertiary/aromatic N) is 4. The summed E-state index contributed by atoms with van der Waals surface area (Å²) < 4.78 is 0. The Hall–Kier alpha value is -1.40. The molecule has 2 rings (SSSR count). The molecule has 0 aliphatic carbocycles. The Bertz CT molecular complexity index is 436. The number of likely N-dealkylation sites (N-methyl/N-ethyl adjacent to an activating group) is 2. The zero-order chi connectivity index (χ0) is 14.5. The topological polar surface area (TPSA) is 56.3 Å². The van der Waals surface area contributed by atoms with Crippen molar-refractivity contribution >= 4 is 11.8 Å². The molecule has 1 unspecified atom stereocenters. The van der Waals surface area contributed by atoms with Gasteiger partial charge < -0.3 is 15.5 Å². The molecule has 1 fully saturated rings. The van der Waals surface area contributed by atoms with E-state index < -0.39 is 0 Å². The van der Waals surface area contributed by atoms with Crippen LogP contribution in [0.25, 0.3) is 0 Å². The first-order valence-electron chi connectivity index (χ1n) is 7.30. The Morgan fingerprint density at radius 1 is 1.30 bits per heavy atom. The maximum absolute atomic E-state index is 4.53. The van der Waals surface area contributed by atoms with Gasteiger partial charge in [-0.15, -0.1) is 0 Å². The third kappa shape index (κ3) is 3.80. The van der Waals surface area contributed by atoms with Crippen LogP contribution in [-0.2, 0) is 0 Å². The average Bonchev–Trinajstić information content (AvgIpc) is 2.43. The summed E-state index contributed by atoms with van der Waals surface area (Å²) in [5, 5.41) is 6.62. The van der Waals surface area contributed by atoms with Gasteiger partial charge in [0.1, 0.15) is 5.82 Å². The van der Waals surface area contributed by atoms with E-state index in [9.17, 15) is 0 Å². The Morgan fingerprint density at radius 2 is 2.10 bits per heavy atom. The van der Waals surface area contributed by atoms with Crippen LogP contribution in [0.5, 0.6) is 0 Å². The number of hydrogen-bond acceptors (Lipinski definition) is 6. The molecule has 1 aromatic rings. The van der Waals surface area contributed by atoms with Gasteiger partial charge in [0, 0.05) is 50.5 Å². The Labute approximate surface area is 121 Å². The van der Waals surface area contributed by atoms with Gasteiger partial charge in [-0.2, -0.15) is 4.98 Å². The fourth-order valence-corrected chi connectivity index (χ4v) is 2.40. The second-order valence-electron chi connectivity index (χ2n) is 5.53. The molecule has 2 heterocycles. The summed E-state index contributed by atoms with van der Waals surface area (Å²) in [6.45, 7) is 9.17. The van der Waals surface area contributed by atoms with Crippen LogP contribution in [0.15, 0.2) is 6.20 Å². The van der Waals surface area contributed by atoms with Gasteiger partial charge in [-0.3, -0.25) is 4.90 Å². The summed E-state index contributed by atoms with van der Waals surface area (Å²) in [5.41, 5.74) is 1.08. The summed E-state index contributed by atoms with van der Waals surface area (Å²) in [7, 11) is 4.37. The normalized spacial score (nSPS) is 20.9. The standard InChI is InChI=1S/C14H26N6/c1-5-15-14-17-8-11(2)13(18-14)16-9-12-10-19(3)6-7-20(12)4/h8,12H,5-7,9-10H2,1-4H3,(H2,15,16,17,18). The van der Waals surface area contributed by atoms with E-state index >= 15 is 0 Å². The van der Waals surface area contributed by atoms with Crippen LogP contribution in [0.1, 0.15) is 12.5 Å². The van der Waals surface area contributed by atoms with Crippen molar-refractivity contribution in [3.8, 4) is 0 Å². The minimum Gasteiger partial charge on any atom is -0.368 e. The van der Waals surface area contributed by atoms with E-state index in [1.54, 1.807) is 0 Å². The van der Waals surface area contributed by atoms with Crippen LogP contribution in [0.3, 0.4) is 0 Å². The molecular weight excluding hydrogens is 252 g/mol. The SMILES string of the molecule is CCNc1ncc(C)c(NCC2CN(C)CCN2C)n1. The highest BCUT2D eigenvalue weighted by atomic mass is 15.3. The smallest absolute Gasteiger partial charge is 0.224 e. The van der Waals surface area contributed by atoms with Gasteiger partial charge in [0.2, 0.25) is 5.95 Å². The first kappa shape index (κ1) is 15.0. The number of nitrogens with one attached hydrogen (secondary N) is 2. The predicted octanol–water partition coefficient (Wildman–Crippen LogP) is 0.875. The van der Waals surface area contributed by atoms with Gasteiger partial charge in [-0.25, -0.2) is 4.98 Å². The van der Waals surface area contributed by atoms with Gasteiger partial charge in [-0.1, -0.05) is 0 Å². The van der Waals surface area contributed by atoms with E-state index in [2.05, 4.69) is 44.5 Å². The Balaban J connectivity index is 1.97. The third-order valence-corrected chi connectivity index (χ3v) is 3.79. The van der Waals surface area contributed by atoms with E-state index in [1.807, 2.05) is 20.0 Å². The molecule has 112 valence electrons. The molecule has 0 spiro atoms. The zero-order valence-electron chi connectivity index (χ0n) is 13.0. The summed E-state index contributed by atoms with van der Waals surface area (Å²) in [4.78, 5) is 13.6. The molecule has 0 aromatic carbocycles. The minimum atomic E-state index is 0.519. The third-order valence-electron chi connectivity index (χ3n) is 3.79. The van der Waals surface area contributed by atoms with Gasteiger partial charge >= 0.3 is 0 Å². The lowest BCUT2D eigenvalue weighted by atomic mass is 10.2. The van der Waals surface area contributed by atoms with Crippen molar-refractivity contribution in [1.82, 2.24) is 19.8 Å². The highest BCUT2D eigenvalue weighted by molar-refractivity contribution is 5.46. The Kier molecular flexibility index (Phi) is 5.14. The molecular formula is C14H26N6. The minimum absolute atomic E-state index is 0.519. The summed E-state index contributed by atoms with van der Waals surface area (Å²) in [5.74, 6) is 1.62. The largest absolute Gasteiger partial charge is 0.368 e. The number of aromatic nitrogens is 2. The lowest BCUT2D eigenvalue weighted by molar-refractivity contribution is 0.122. The summed E-state index contributed by atoms with van der Waals surface area (Å²) in [6.07, 6.45) is 1.87. The van der Waals surface area contributed by atoms with Gasteiger partial charge in [0.05, 0.1) is 0 Å². The second-order valence-corrected chi connectivity index (χ2v) is 5.53. The molecule has 1 saturated heterocycles. The molecule has 1 atom stereocenters. The number of hydrogen-bond donors (Lipinski definition) is 2. The Morgan fingerprint density at radius 3 is 2.85 bits per heavy atom. The molecule has 0 saturated carbocycles. The zero-order valence-corrected chi connectivity index (χ0v) is 13.0. The fourth-order valence-electron chi connectivity index (χ4n) is 2.40. The summed E-state index contributed by atoms with van der Waals surface area (Å²) in [6, 6.07) is 0.519. The summed E-state index contributed by atoms with van der Waals surface area (Å²) >= 11 is 0. The van der Waals surface area contributed by atoms with Crippen LogP contribution in [0.2, 0.25) is 0 Å². The molecule has 0 amide bonds. The van der Waals surface area contributed by atoms with Crippen molar-refractivity contribution in [2.75, 3.05) is 57.5 Å². The number of aryl methyl sites for hydroxylation is 1. The fraction of sp³-hybridized carbons (Fsp3) is 0.714. The predicted molar refractivity (Wildman–Crippen MR) is 83.3 cm³/mol. The van der Waals surface area contributed by atoms with Crippen molar-refractivity contribution in [2.45, 2.75) is 19.9 Å². The van der Waals surface area contributed by atoms with Crippen LogP contribution in [0.4, 0.5) is 11.8 Å². The van der Waals surface area contributed by atoms with Crippen molar-refractivity contribution in [3.63, 3.8) is 0 Å².